The van der Waals surface area contributed by atoms with E-state index in [-0.39, 0.29) is 0 Å². The SMILES string of the molecule is C=C1Cc2ccccc2C1.CC(C)C.CC(C)C.CC(C)C.CC(C)C.CC(C)C.CC(C)C.CN1CCOc2ccccc21.c1ccc2c(c1)CCCC2.c1ccc2c(c1)CCCO2.c1ccc2c(c1)OCCO2.c1ccc2c(c1)OCO2. The Morgan fingerprint density at radius 1 is 0.310 bits per heavy atom. The fraction of sp³-hybridized carbons (Fsp3) is 0.506. The van der Waals surface area contributed by atoms with E-state index >= 15 is 0 Å². The zero-order valence-corrected chi connectivity index (χ0v) is 56.3. The topological polar surface area (TPSA) is 58.6 Å². The van der Waals surface area contributed by atoms with E-state index in [4.69, 9.17) is 28.4 Å². The molecule has 0 unspecified atom stereocenters. The second-order valence-corrected chi connectivity index (χ2v) is 25.5. The van der Waals surface area contributed by atoms with Gasteiger partial charge in [-0.25, -0.2) is 0 Å². The first kappa shape index (κ1) is 75.7. The maximum Gasteiger partial charge on any atom is 0.231 e. The van der Waals surface area contributed by atoms with Gasteiger partial charge in [0.25, 0.3) is 0 Å². The molecule has 6 aliphatic rings. The van der Waals surface area contributed by atoms with E-state index in [1.54, 1.807) is 11.1 Å². The molecule has 466 valence electrons. The highest BCUT2D eigenvalue weighted by molar-refractivity contribution is 5.59. The smallest absolute Gasteiger partial charge is 0.231 e. The molecule has 0 N–H and O–H groups in total. The van der Waals surface area contributed by atoms with E-state index in [1.165, 1.54) is 60.1 Å². The van der Waals surface area contributed by atoms with E-state index in [0.29, 0.717) is 20.0 Å². The predicted octanol–water partition coefficient (Wildman–Crippen LogP) is 21.3. The summed E-state index contributed by atoms with van der Waals surface area (Å²) in [7, 11) is 2.08. The van der Waals surface area contributed by atoms with Crippen LogP contribution in [0.1, 0.15) is 172 Å². The first-order chi connectivity index (χ1) is 40.0. The minimum absolute atomic E-state index is 0.360. The van der Waals surface area contributed by atoms with Gasteiger partial charge in [-0.15, -0.1) is 0 Å². The number of fused-ring (bicyclic) bond motifs is 6. The summed E-state index contributed by atoms with van der Waals surface area (Å²) < 4.78 is 31.6. The van der Waals surface area contributed by atoms with Gasteiger partial charge in [-0.2, -0.15) is 0 Å². The number of ether oxygens (including phenoxy) is 6. The van der Waals surface area contributed by atoms with Gasteiger partial charge in [-0.1, -0.05) is 240 Å². The fourth-order valence-electron chi connectivity index (χ4n) is 7.62. The Labute approximate surface area is 514 Å². The van der Waals surface area contributed by atoms with Gasteiger partial charge in [0.05, 0.1) is 18.8 Å². The number of nitrogens with zero attached hydrogens (tertiary/aromatic N) is 1. The Balaban J connectivity index is 0.000000469. The largest absolute Gasteiger partial charge is 0.493 e. The number of para-hydroxylation sites is 7. The minimum atomic E-state index is 0.360. The second-order valence-electron chi connectivity index (χ2n) is 25.5. The number of benzene rings is 6. The van der Waals surface area contributed by atoms with Crippen molar-refractivity contribution < 1.29 is 28.4 Å². The van der Waals surface area contributed by atoms with Gasteiger partial charge < -0.3 is 33.3 Å². The fourth-order valence-corrected chi connectivity index (χ4v) is 7.62. The van der Waals surface area contributed by atoms with Crippen LogP contribution in [0, 0.1) is 35.5 Å². The summed E-state index contributed by atoms with van der Waals surface area (Å²) in [4.78, 5) is 2.21. The molecule has 6 aromatic carbocycles. The lowest BCUT2D eigenvalue weighted by molar-refractivity contribution is 0.171. The van der Waals surface area contributed by atoms with Gasteiger partial charge in [-0.05, 0) is 157 Å². The van der Waals surface area contributed by atoms with Gasteiger partial charge in [0.2, 0.25) is 6.79 Å². The Morgan fingerprint density at radius 3 is 0.976 bits per heavy atom. The maximum absolute atomic E-state index is 5.45. The molecule has 4 heterocycles. The van der Waals surface area contributed by atoms with Crippen LogP contribution in [0.5, 0.6) is 34.5 Å². The number of rotatable bonds is 0. The van der Waals surface area contributed by atoms with Crippen molar-refractivity contribution in [2.24, 2.45) is 35.5 Å². The molecule has 6 aromatic rings. The van der Waals surface area contributed by atoms with Crippen molar-refractivity contribution in [2.45, 2.75) is 176 Å². The van der Waals surface area contributed by atoms with Crippen LogP contribution >= 0.6 is 0 Å². The number of hydrogen-bond donors (Lipinski definition) is 0. The summed E-state index contributed by atoms with van der Waals surface area (Å²) in [6.07, 6.45) is 9.90. The molecule has 0 saturated carbocycles. The molecule has 7 nitrogen and oxygen atoms in total. The van der Waals surface area contributed by atoms with Crippen LogP contribution in [-0.4, -0.2) is 46.8 Å². The molecule has 0 radical (unpaired) electrons. The minimum Gasteiger partial charge on any atom is -0.493 e. The van der Waals surface area contributed by atoms with Crippen LogP contribution < -0.4 is 33.3 Å². The van der Waals surface area contributed by atoms with Gasteiger partial charge >= 0.3 is 0 Å². The molecule has 84 heavy (non-hydrogen) atoms. The van der Waals surface area contributed by atoms with E-state index in [2.05, 4.69) is 210 Å². The van der Waals surface area contributed by atoms with Gasteiger partial charge in [0.15, 0.2) is 23.0 Å². The maximum atomic E-state index is 5.45. The Kier molecular flexibility index (Phi) is 41.5. The third kappa shape index (κ3) is 38.5. The number of likely N-dealkylation sites (N-methyl/N-ethyl adjacent to an activating group) is 1. The van der Waals surface area contributed by atoms with Crippen molar-refractivity contribution in [3.63, 3.8) is 0 Å². The molecule has 4 aliphatic heterocycles. The molecule has 0 fully saturated rings. The van der Waals surface area contributed by atoms with E-state index in [0.717, 1.165) is 109 Å². The molecule has 0 amide bonds. The second kappa shape index (κ2) is 46.0. The molecule has 0 aromatic heterocycles. The summed E-state index contributed by atoms with van der Waals surface area (Å²) in [5.74, 6) is 10.5. The molecule has 2 aliphatic carbocycles. The zero-order valence-electron chi connectivity index (χ0n) is 56.3. The molecule has 0 spiro atoms. The zero-order chi connectivity index (χ0) is 62.7. The summed E-state index contributed by atoms with van der Waals surface area (Å²) in [6.45, 7) is 47.3. The van der Waals surface area contributed by atoms with E-state index in [1.807, 2.05) is 78.9 Å². The van der Waals surface area contributed by atoms with Gasteiger partial charge in [0.1, 0.15) is 31.3 Å². The first-order valence-corrected chi connectivity index (χ1v) is 31.6. The van der Waals surface area contributed by atoms with Crippen LogP contribution in [-0.2, 0) is 32.1 Å². The first-order valence-electron chi connectivity index (χ1n) is 31.6. The third-order valence-electron chi connectivity index (χ3n) is 10.8. The Bertz CT molecular complexity index is 2270. The van der Waals surface area contributed by atoms with E-state index < -0.39 is 0 Å². The normalized spacial score (nSPS) is 13.5. The van der Waals surface area contributed by atoms with Crippen molar-refractivity contribution in [2.75, 3.05) is 51.7 Å². The average Bonchev–Trinajstić information content (AvgIpc) is 4.20. The quantitative estimate of drug-likeness (QED) is 0.140. The molecule has 0 atom stereocenters. The van der Waals surface area contributed by atoms with Crippen LogP contribution in [0.2, 0.25) is 0 Å². The molecular formula is C77H117NO6. The number of allylic oxidation sites excluding steroid dienone is 1. The van der Waals surface area contributed by atoms with Crippen LogP contribution in [0.4, 0.5) is 5.69 Å². The van der Waals surface area contributed by atoms with Gasteiger partial charge in [0, 0.05) is 7.05 Å². The summed E-state index contributed by atoms with van der Waals surface area (Å²) in [5, 5.41) is 0. The van der Waals surface area contributed by atoms with Crippen molar-refractivity contribution >= 4 is 5.69 Å². The van der Waals surface area contributed by atoms with Crippen LogP contribution in [0.3, 0.4) is 0 Å². The summed E-state index contributed by atoms with van der Waals surface area (Å²) in [6, 6.07) is 49.1. The monoisotopic (exact) mass is 1150 g/mol. The number of anilines is 1. The highest BCUT2D eigenvalue weighted by Crippen LogP contribution is 2.32. The predicted molar refractivity (Wildman–Crippen MR) is 365 cm³/mol. The van der Waals surface area contributed by atoms with Crippen molar-refractivity contribution in [3.05, 3.63) is 186 Å². The van der Waals surface area contributed by atoms with E-state index in [9.17, 15) is 0 Å². The summed E-state index contributed by atoms with van der Waals surface area (Å²) >= 11 is 0. The number of hydrogen-bond acceptors (Lipinski definition) is 7. The number of aryl methyl sites for hydroxylation is 3. The lowest BCUT2D eigenvalue weighted by Gasteiger charge is -2.27. The third-order valence-corrected chi connectivity index (χ3v) is 10.8. The van der Waals surface area contributed by atoms with Crippen molar-refractivity contribution in [1.82, 2.24) is 0 Å². The molecular weight excluding hydrogens is 1030 g/mol. The molecule has 0 saturated heterocycles. The van der Waals surface area contributed by atoms with Crippen molar-refractivity contribution in [1.29, 1.82) is 0 Å². The molecule has 12 rings (SSSR count). The van der Waals surface area contributed by atoms with Crippen molar-refractivity contribution in [3.8, 4) is 34.5 Å². The standard InChI is InChI=1S/C10H10.C10H12.C9H11NO.C9H10O.C8H8O2.C7H6O2.6C4H10/c1-8-6-9-4-2-3-5-10(9)7-8;1-2-6-10-8-4-3-7-9(10)5-1;1-10-6-7-11-9-5-3-2-4-8(9)10;1-2-6-9-8(4-1)5-3-7-10-9;1-2-4-8-7(3-1)9-5-6-10-8;1-2-4-7-6(3-1)8-5-9-7;6*1-4(2)3/h2-5H,1,6-7H2;1-2,5-6H,3-4,7-8H2;2-5H,6-7H2,1H3;1-2,4,6H,3,5,7H2;1-4H,5-6H2;1-4H,5H2;6*4H,1-3H3. The van der Waals surface area contributed by atoms with Gasteiger partial charge in [-0.3, -0.25) is 0 Å². The lowest BCUT2D eigenvalue weighted by atomic mass is 9.92. The Hall–Kier alpha value is -6.34. The van der Waals surface area contributed by atoms with Crippen LogP contribution in [0.15, 0.2) is 158 Å². The highest BCUT2D eigenvalue weighted by Gasteiger charge is 2.14. The lowest BCUT2D eigenvalue weighted by Crippen LogP contribution is -2.28. The molecule has 7 heteroatoms. The highest BCUT2D eigenvalue weighted by atomic mass is 16.7. The summed E-state index contributed by atoms with van der Waals surface area (Å²) in [5.41, 5.74) is 9.98. The Morgan fingerprint density at radius 2 is 0.595 bits per heavy atom. The average molecular weight is 1150 g/mol. The van der Waals surface area contributed by atoms with Crippen LogP contribution in [0.25, 0.3) is 0 Å². The molecule has 0 bridgehead atoms.